The Bertz CT molecular complexity index is 873. The average Bonchev–Trinajstić information content (AvgIpc) is 3.44. The van der Waals surface area contributed by atoms with Gasteiger partial charge in [-0.05, 0) is 50.2 Å². The van der Waals surface area contributed by atoms with E-state index in [0.29, 0.717) is 5.56 Å². The Morgan fingerprint density at radius 2 is 1.63 bits per heavy atom. The van der Waals surface area contributed by atoms with E-state index in [4.69, 9.17) is 4.74 Å². The van der Waals surface area contributed by atoms with Gasteiger partial charge in [-0.25, -0.2) is 4.79 Å². The lowest BCUT2D eigenvalue weighted by Gasteiger charge is -2.23. The van der Waals surface area contributed by atoms with Gasteiger partial charge in [-0.15, -0.1) is 0 Å². The number of nitrogens with one attached hydrogen (secondary N) is 2. The van der Waals surface area contributed by atoms with Crippen molar-refractivity contribution >= 4 is 29.6 Å². The topological polar surface area (TPSA) is 122 Å². The number of benzene rings is 1. The molecule has 158 valence electrons. The fourth-order valence-corrected chi connectivity index (χ4v) is 5.00. The summed E-state index contributed by atoms with van der Waals surface area (Å²) in [6.45, 7) is 0.780. The molecule has 4 amide bonds. The molecule has 4 rings (SSSR count). The molecule has 2 N–H and O–H groups in total. The number of rotatable bonds is 5. The van der Waals surface area contributed by atoms with E-state index in [1.54, 1.807) is 30.3 Å². The summed E-state index contributed by atoms with van der Waals surface area (Å²) in [6, 6.07) is 7.18. The van der Waals surface area contributed by atoms with Gasteiger partial charge in [0.2, 0.25) is 11.8 Å². The van der Waals surface area contributed by atoms with Gasteiger partial charge in [-0.1, -0.05) is 18.2 Å². The van der Waals surface area contributed by atoms with Crippen LogP contribution < -0.4 is 10.9 Å². The lowest BCUT2D eigenvalue weighted by atomic mass is 9.81. The summed E-state index contributed by atoms with van der Waals surface area (Å²) >= 11 is 0. The van der Waals surface area contributed by atoms with Gasteiger partial charge < -0.3 is 4.74 Å². The van der Waals surface area contributed by atoms with Crippen LogP contribution >= 0.6 is 0 Å². The number of carbonyl (C=O) groups excluding carboxylic acids is 5. The number of hydrazine groups is 1. The second-order valence-electron chi connectivity index (χ2n) is 8.08. The molecule has 2 aliphatic carbocycles. The molecule has 1 aromatic rings. The molecule has 3 aliphatic rings. The van der Waals surface area contributed by atoms with E-state index in [0.717, 1.165) is 24.2 Å². The van der Waals surface area contributed by atoms with Crippen molar-refractivity contribution in [2.75, 3.05) is 6.61 Å². The van der Waals surface area contributed by atoms with E-state index in [1.165, 1.54) is 6.92 Å². The number of carbonyl (C=O) groups is 5. The van der Waals surface area contributed by atoms with Crippen LogP contribution in [0.3, 0.4) is 0 Å². The summed E-state index contributed by atoms with van der Waals surface area (Å²) < 4.78 is 4.96. The van der Waals surface area contributed by atoms with Gasteiger partial charge in [-0.2, -0.15) is 0 Å². The number of hydrogen-bond acceptors (Lipinski definition) is 6. The second kappa shape index (κ2) is 7.89. The van der Waals surface area contributed by atoms with Crippen LogP contribution in [0.15, 0.2) is 30.3 Å². The van der Waals surface area contributed by atoms with Crippen molar-refractivity contribution in [3.8, 4) is 0 Å². The van der Waals surface area contributed by atoms with E-state index < -0.39 is 30.4 Å². The van der Waals surface area contributed by atoms with Gasteiger partial charge in [0.05, 0.1) is 11.8 Å². The highest BCUT2D eigenvalue weighted by Crippen LogP contribution is 2.56. The molecule has 1 aromatic carbocycles. The van der Waals surface area contributed by atoms with E-state index in [9.17, 15) is 24.0 Å². The predicted molar refractivity (Wildman–Crippen MR) is 102 cm³/mol. The molecule has 1 heterocycles. The van der Waals surface area contributed by atoms with Crippen LogP contribution in [-0.4, -0.2) is 47.1 Å². The van der Waals surface area contributed by atoms with E-state index in [1.807, 2.05) is 0 Å². The molecule has 0 radical (unpaired) electrons. The average molecular weight is 413 g/mol. The smallest absolute Gasteiger partial charge is 0.329 e. The number of ether oxygens (including phenoxy) is 1. The van der Waals surface area contributed by atoms with Gasteiger partial charge in [0.15, 0.2) is 6.61 Å². The zero-order valence-corrected chi connectivity index (χ0v) is 16.5. The van der Waals surface area contributed by atoms with Crippen LogP contribution in [0.1, 0.15) is 36.5 Å². The van der Waals surface area contributed by atoms with Crippen molar-refractivity contribution in [3.05, 3.63) is 35.9 Å². The molecule has 9 nitrogen and oxygen atoms in total. The predicted octanol–water partition coefficient (Wildman–Crippen LogP) is 0.410. The maximum Gasteiger partial charge on any atom is 0.329 e. The molecule has 1 aliphatic heterocycles. The lowest BCUT2D eigenvalue weighted by Crippen LogP contribution is -2.47. The number of likely N-dealkylation sites (tertiary alicyclic amines) is 1. The zero-order chi connectivity index (χ0) is 21.4. The Kier molecular flexibility index (Phi) is 5.27. The first-order valence-corrected chi connectivity index (χ1v) is 10.1. The number of esters is 1. The third-order valence-corrected chi connectivity index (χ3v) is 6.39. The zero-order valence-electron chi connectivity index (χ0n) is 16.5. The van der Waals surface area contributed by atoms with Crippen molar-refractivity contribution in [3.63, 3.8) is 0 Å². The molecule has 0 spiro atoms. The summed E-state index contributed by atoms with van der Waals surface area (Å²) in [7, 11) is 0. The van der Waals surface area contributed by atoms with Gasteiger partial charge in [0.25, 0.3) is 11.8 Å². The first kappa shape index (κ1) is 20.1. The molecule has 30 heavy (non-hydrogen) atoms. The van der Waals surface area contributed by atoms with E-state index >= 15 is 0 Å². The maximum atomic E-state index is 12.8. The van der Waals surface area contributed by atoms with Crippen LogP contribution in [0, 0.1) is 23.7 Å². The Labute approximate surface area is 173 Å². The van der Waals surface area contributed by atoms with Gasteiger partial charge in [0, 0.05) is 5.56 Å². The molecule has 0 aromatic heterocycles. The minimum atomic E-state index is -1.10. The van der Waals surface area contributed by atoms with Crippen LogP contribution in [0.5, 0.6) is 0 Å². The van der Waals surface area contributed by atoms with Gasteiger partial charge in [-0.3, -0.25) is 34.9 Å². The standard InChI is InChI=1S/C21H23N3O6/c1-11(24-19(27)16-13-7-8-14(9-13)17(16)20(24)28)21(29)30-10-15(25)22-23-18(26)12-5-3-2-4-6-12/h2-6,11,13-14,16-17H,7-10H2,1H3,(H,22,25)(H,23,26)/t11-,13-,14-,16-,17-/m0/s1. The molecule has 5 atom stereocenters. The summed E-state index contributed by atoms with van der Waals surface area (Å²) in [5.41, 5.74) is 4.72. The number of fused-ring (bicyclic) bond motifs is 5. The van der Waals surface area contributed by atoms with Crippen LogP contribution in [0.4, 0.5) is 0 Å². The van der Waals surface area contributed by atoms with Crippen LogP contribution in [0.25, 0.3) is 0 Å². The largest absolute Gasteiger partial charge is 0.454 e. The quantitative estimate of drug-likeness (QED) is 0.410. The number of nitrogens with zero attached hydrogens (tertiary/aromatic N) is 1. The first-order chi connectivity index (χ1) is 14.4. The fourth-order valence-electron chi connectivity index (χ4n) is 5.00. The third-order valence-electron chi connectivity index (χ3n) is 6.39. The minimum Gasteiger partial charge on any atom is -0.454 e. The maximum absolute atomic E-state index is 12.8. The fraction of sp³-hybridized carbons (Fsp3) is 0.476. The molecule has 9 heteroatoms. The molecule has 1 saturated heterocycles. The molecule has 2 bridgehead atoms. The Morgan fingerprint density at radius 1 is 1.03 bits per heavy atom. The highest BCUT2D eigenvalue weighted by molar-refractivity contribution is 6.08. The summed E-state index contributed by atoms with van der Waals surface area (Å²) in [5.74, 6) is -2.89. The van der Waals surface area contributed by atoms with Crippen molar-refractivity contribution in [1.29, 1.82) is 0 Å². The van der Waals surface area contributed by atoms with E-state index in [2.05, 4.69) is 10.9 Å². The second-order valence-corrected chi connectivity index (χ2v) is 8.08. The summed E-state index contributed by atoms with van der Waals surface area (Å²) in [5, 5.41) is 0. The van der Waals surface area contributed by atoms with Gasteiger partial charge in [0.1, 0.15) is 6.04 Å². The highest BCUT2D eigenvalue weighted by atomic mass is 16.5. The van der Waals surface area contributed by atoms with Crippen molar-refractivity contribution in [1.82, 2.24) is 15.8 Å². The van der Waals surface area contributed by atoms with Crippen LogP contribution in [-0.2, 0) is 23.9 Å². The van der Waals surface area contributed by atoms with Crippen LogP contribution in [0.2, 0.25) is 0 Å². The number of amides is 4. The Balaban J connectivity index is 1.27. The molecular weight excluding hydrogens is 390 g/mol. The molecule has 2 saturated carbocycles. The first-order valence-electron chi connectivity index (χ1n) is 10.1. The molecular formula is C21H23N3O6. The lowest BCUT2D eigenvalue weighted by molar-refractivity contribution is -0.160. The Morgan fingerprint density at radius 3 is 2.23 bits per heavy atom. The number of imide groups is 1. The number of hydrogen-bond donors (Lipinski definition) is 2. The summed E-state index contributed by atoms with van der Waals surface area (Å²) in [4.78, 5) is 62.6. The summed E-state index contributed by atoms with van der Waals surface area (Å²) in [6.07, 6.45) is 2.81. The van der Waals surface area contributed by atoms with E-state index in [-0.39, 0.29) is 35.5 Å². The third kappa shape index (κ3) is 3.44. The van der Waals surface area contributed by atoms with Crippen molar-refractivity contribution < 1.29 is 28.7 Å². The van der Waals surface area contributed by atoms with Crippen molar-refractivity contribution in [2.24, 2.45) is 23.7 Å². The normalized spacial score (nSPS) is 27.6. The van der Waals surface area contributed by atoms with Crippen molar-refractivity contribution in [2.45, 2.75) is 32.2 Å². The van der Waals surface area contributed by atoms with Gasteiger partial charge >= 0.3 is 5.97 Å². The SMILES string of the molecule is C[C@@H](C(=O)OCC(=O)NNC(=O)c1ccccc1)N1C(=O)[C@H]2[C@H]3CC[C@@H](C3)[C@@H]2C1=O. The molecule has 3 fully saturated rings. The highest BCUT2D eigenvalue weighted by Gasteiger charge is 2.62. The Hall–Kier alpha value is -3.23. The minimum absolute atomic E-state index is 0.226. The monoisotopic (exact) mass is 413 g/mol. The molecule has 0 unspecified atom stereocenters.